The van der Waals surface area contributed by atoms with E-state index in [1.54, 1.807) is 33.5 Å². The molecule has 170 valence electrons. The third kappa shape index (κ3) is 5.93. The van der Waals surface area contributed by atoms with Gasteiger partial charge in [0.25, 0.3) is 0 Å². The molecule has 1 fully saturated rings. The quantitative estimate of drug-likeness (QED) is 0.316. The minimum Gasteiger partial charge on any atom is -0.493 e. The predicted molar refractivity (Wildman–Crippen MR) is 130 cm³/mol. The number of ketones is 1. The Morgan fingerprint density at radius 3 is 1.90 bits per heavy atom. The van der Waals surface area contributed by atoms with Gasteiger partial charge in [0.05, 0.1) is 44.2 Å². The Bertz CT molecular complexity index is 843. The van der Waals surface area contributed by atoms with Crippen LogP contribution in [0.4, 0.5) is 0 Å². The molecule has 0 spiro atoms. The lowest BCUT2D eigenvalue weighted by Crippen LogP contribution is -2.06. The normalized spacial score (nSPS) is 16.4. The molecule has 7 heteroatoms. The number of carbonyl (C=O) groups excluding carboxylic acids is 1. The highest BCUT2D eigenvalue weighted by Crippen LogP contribution is 2.39. The molecule has 2 aromatic rings. The van der Waals surface area contributed by atoms with Gasteiger partial charge in [0.2, 0.25) is 11.5 Å². The number of methoxy groups -OCH3 is 3. The molecule has 0 aliphatic heterocycles. The van der Waals surface area contributed by atoms with Gasteiger partial charge in [-0.25, -0.2) is 4.98 Å². The molecule has 1 aromatic carbocycles. The molecule has 0 N–H and O–H groups in total. The second-order valence-electron chi connectivity index (χ2n) is 8.14. The van der Waals surface area contributed by atoms with Gasteiger partial charge in [-0.1, -0.05) is 51.4 Å². The van der Waals surface area contributed by atoms with Crippen LogP contribution in [0, 0.1) is 0 Å². The molecule has 1 saturated carbocycles. The first-order valence-corrected chi connectivity index (χ1v) is 12.2. The van der Waals surface area contributed by atoms with E-state index in [2.05, 4.69) is 22.9 Å². The van der Waals surface area contributed by atoms with Crippen molar-refractivity contribution in [3.8, 4) is 17.2 Å². The number of hydrogen-bond acceptors (Lipinski definition) is 5. The number of hydrogen-bond donors (Lipinski definition) is 0. The molecular formula is C24H33IN2O4. The Labute approximate surface area is 199 Å². The summed E-state index contributed by atoms with van der Waals surface area (Å²) in [5.41, 5.74) is 0.922. The third-order valence-electron chi connectivity index (χ3n) is 6.07. The van der Waals surface area contributed by atoms with Crippen LogP contribution < -0.4 is 14.2 Å². The summed E-state index contributed by atoms with van der Waals surface area (Å²) in [6.07, 6.45) is 14.5. The topological polar surface area (TPSA) is 62.6 Å². The molecule has 0 atom stereocenters. The van der Waals surface area contributed by atoms with Gasteiger partial charge in [-0.05, 0) is 25.0 Å². The van der Waals surface area contributed by atoms with Gasteiger partial charge >= 0.3 is 0 Å². The zero-order valence-electron chi connectivity index (χ0n) is 18.8. The Hall–Kier alpha value is -1.77. The Morgan fingerprint density at radius 1 is 0.903 bits per heavy atom. The lowest BCUT2D eigenvalue weighted by atomic mass is 9.95. The van der Waals surface area contributed by atoms with Crippen molar-refractivity contribution >= 4 is 28.6 Å². The number of nitrogens with zero attached hydrogens (tertiary/aromatic N) is 2. The van der Waals surface area contributed by atoms with Gasteiger partial charge in [0.15, 0.2) is 11.5 Å². The highest BCUT2D eigenvalue weighted by Gasteiger charge is 2.24. The number of rotatable bonds is 6. The second kappa shape index (κ2) is 11.7. The van der Waals surface area contributed by atoms with Gasteiger partial charge in [-0.15, -0.1) is 0 Å². The molecule has 6 nitrogen and oxygen atoms in total. The SMILES string of the molecule is COc1cc(C(=O)c2cn(I)c(C3CCCCCCCCCC3)n2)cc(OC)c1OC. The number of imidazole rings is 1. The molecule has 0 bridgehead atoms. The average Bonchev–Trinajstić information content (AvgIpc) is 3.15. The summed E-state index contributed by atoms with van der Waals surface area (Å²) in [7, 11) is 4.64. The van der Waals surface area contributed by atoms with Crippen molar-refractivity contribution in [2.45, 2.75) is 70.1 Å². The predicted octanol–water partition coefficient (Wildman–Crippen LogP) is 6.34. The molecule has 1 aliphatic carbocycles. The van der Waals surface area contributed by atoms with Crippen molar-refractivity contribution in [2.75, 3.05) is 21.3 Å². The van der Waals surface area contributed by atoms with Crippen LogP contribution in [0.25, 0.3) is 0 Å². The average molecular weight is 540 g/mol. The molecule has 1 heterocycles. The molecule has 31 heavy (non-hydrogen) atoms. The maximum absolute atomic E-state index is 13.3. The van der Waals surface area contributed by atoms with E-state index in [1.807, 2.05) is 8.98 Å². The second-order valence-corrected chi connectivity index (χ2v) is 9.18. The van der Waals surface area contributed by atoms with Gasteiger partial charge in [0.1, 0.15) is 11.5 Å². The van der Waals surface area contributed by atoms with E-state index in [-0.39, 0.29) is 5.78 Å². The van der Waals surface area contributed by atoms with Gasteiger partial charge < -0.3 is 14.2 Å². The van der Waals surface area contributed by atoms with Crippen LogP contribution in [0.2, 0.25) is 0 Å². The number of aromatic nitrogens is 2. The zero-order chi connectivity index (χ0) is 22.2. The summed E-state index contributed by atoms with van der Waals surface area (Å²) in [6.45, 7) is 0. The van der Waals surface area contributed by atoms with Crippen LogP contribution >= 0.6 is 22.9 Å². The van der Waals surface area contributed by atoms with Crippen LogP contribution in [-0.4, -0.2) is 34.9 Å². The van der Waals surface area contributed by atoms with E-state index >= 15 is 0 Å². The van der Waals surface area contributed by atoms with E-state index in [0.717, 1.165) is 18.7 Å². The minimum absolute atomic E-state index is 0.146. The smallest absolute Gasteiger partial charge is 0.213 e. The fourth-order valence-corrected chi connectivity index (χ4v) is 5.12. The lowest BCUT2D eigenvalue weighted by Gasteiger charge is -2.15. The Kier molecular flexibility index (Phi) is 9.04. The molecule has 1 aromatic heterocycles. The number of halogens is 1. The van der Waals surface area contributed by atoms with Crippen molar-refractivity contribution in [1.82, 2.24) is 7.76 Å². The van der Waals surface area contributed by atoms with Crippen LogP contribution in [0.3, 0.4) is 0 Å². The van der Waals surface area contributed by atoms with Crippen molar-refractivity contribution in [1.29, 1.82) is 0 Å². The fraction of sp³-hybridized carbons (Fsp3) is 0.583. The highest BCUT2D eigenvalue weighted by atomic mass is 127. The maximum atomic E-state index is 13.3. The van der Waals surface area contributed by atoms with E-state index in [1.165, 1.54) is 51.4 Å². The van der Waals surface area contributed by atoms with Crippen molar-refractivity contribution in [3.63, 3.8) is 0 Å². The van der Waals surface area contributed by atoms with Crippen molar-refractivity contribution in [3.05, 3.63) is 35.4 Å². The number of benzene rings is 1. The first kappa shape index (κ1) is 23.9. The molecule has 0 amide bonds. The van der Waals surface area contributed by atoms with Crippen LogP contribution in [0.15, 0.2) is 18.3 Å². The fourth-order valence-electron chi connectivity index (χ4n) is 4.35. The molecule has 1 aliphatic rings. The van der Waals surface area contributed by atoms with Crippen LogP contribution in [0.5, 0.6) is 17.2 Å². The summed E-state index contributed by atoms with van der Waals surface area (Å²) in [4.78, 5) is 18.1. The standard InChI is InChI=1S/C24H33IN2O4/c1-29-20-14-18(15-21(30-2)23(20)31-3)22(28)19-16-27(25)24(26-19)17-12-10-8-6-4-5-7-9-11-13-17/h14-17H,4-13H2,1-3H3. The van der Waals surface area contributed by atoms with Crippen LogP contribution in [-0.2, 0) is 0 Å². The molecule has 3 rings (SSSR count). The van der Waals surface area contributed by atoms with Gasteiger partial charge in [0, 0.05) is 17.7 Å². The summed E-state index contributed by atoms with van der Waals surface area (Å²) >= 11 is 2.26. The Morgan fingerprint density at radius 2 is 1.42 bits per heavy atom. The summed E-state index contributed by atoms with van der Waals surface area (Å²) in [6, 6.07) is 3.37. The van der Waals surface area contributed by atoms with E-state index in [9.17, 15) is 4.79 Å². The van der Waals surface area contributed by atoms with E-state index in [0.29, 0.717) is 34.4 Å². The van der Waals surface area contributed by atoms with Gasteiger partial charge in [-0.2, -0.15) is 0 Å². The summed E-state index contributed by atoms with van der Waals surface area (Å²) in [5.74, 6) is 2.66. The zero-order valence-corrected chi connectivity index (χ0v) is 20.9. The number of carbonyl (C=O) groups is 1. The summed E-state index contributed by atoms with van der Waals surface area (Å²) in [5, 5.41) is 0. The van der Waals surface area contributed by atoms with E-state index < -0.39 is 0 Å². The van der Waals surface area contributed by atoms with Crippen molar-refractivity contribution < 1.29 is 19.0 Å². The first-order valence-electron chi connectivity index (χ1n) is 11.2. The molecular weight excluding hydrogens is 507 g/mol. The van der Waals surface area contributed by atoms with Gasteiger partial charge in [-0.3, -0.25) is 7.58 Å². The molecule has 0 radical (unpaired) electrons. The molecule has 0 saturated heterocycles. The maximum Gasteiger partial charge on any atom is 0.213 e. The molecule has 0 unspecified atom stereocenters. The monoisotopic (exact) mass is 540 g/mol. The van der Waals surface area contributed by atoms with Crippen molar-refractivity contribution in [2.24, 2.45) is 0 Å². The number of ether oxygens (including phenoxy) is 3. The van der Waals surface area contributed by atoms with Crippen LogP contribution in [0.1, 0.15) is 92.0 Å². The van der Waals surface area contributed by atoms with E-state index in [4.69, 9.17) is 19.2 Å². The Balaban J connectivity index is 1.86. The summed E-state index contributed by atoms with van der Waals surface area (Å²) < 4.78 is 18.2. The lowest BCUT2D eigenvalue weighted by molar-refractivity contribution is 0.103. The third-order valence-corrected chi connectivity index (χ3v) is 6.84. The largest absolute Gasteiger partial charge is 0.493 e. The first-order chi connectivity index (χ1) is 15.1. The highest BCUT2D eigenvalue weighted by molar-refractivity contribution is 14.1. The minimum atomic E-state index is -0.146.